The Morgan fingerprint density at radius 1 is 1.24 bits per heavy atom. The van der Waals surface area contributed by atoms with Crippen molar-refractivity contribution in [2.24, 2.45) is 5.92 Å². The summed E-state index contributed by atoms with van der Waals surface area (Å²) in [6.07, 6.45) is 6.46. The molecule has 2 aliphatic rings. The molecule has 1 N–H and O–H groups in total. The summed E-state index contributed by atoms with van der Waals surface area (Å²) in [6.45, 7) is 1.94. The first-order valence-electron chi connectivity index (χ1n) is 6.72. The van der Waals surface area contributed by atoms with Crippen molar-refractivity contribution < 1.29 is 9.59 Å². The van der Waals surface area contributed by atoms with Crippen LogP contribution in [0.3, 0.4) is 0 Å². The molecule has 0 radical (unpaired) electrons. The Morgan fingerprint density at radius 2 is 1.88 bits per heavy atom. The summed E-state index contributed by atoms with van der Waals surface area (Å²) in [5.41, 5.74) is 0. The van der Waals surface area contributed by atoms with Gasteiger partial charge in [0.05, 0.1) is 0 Å². The average Bonchev–Trinajstić information content (AvgIpc) is 2.35. The van der Waals surface area contributed by atoms with E-state index < -0.39 is 0 Å². The standard InChI is InChI=1S/C13H22N2O2/c1-3-10-12(16)14-11(13(17)15(10)2)9-7-5-4-6-8-9/h9-11H,3-8H2,1-2H3,(H,14,16). The summed E-state index contributed by atoms with van der Waals surface area (Å²) >= 11 is 0. The van der Waals surface area contributed by atoms with Gasteiger partial charge in [-0.2, -0.15) is 0 Å². The van der Waals surface area contributed by atoms with Gasteiger partial charge in [0.2, 0.25) is 11.8 Å². The van der Waals surface area contributed by atoms with E-state index >= 15 is 0 Å². The van der Waals surface area contributed by atoms with Gasteiger partial charge >= 0.3 is 0 Å². The topological polar surface area (TPSA) is 49.4 Å². The fourth-order valence-electron chi connectivity index (χ4n) is 3.11. The summed E-state index contributed by atoms with van der Waals surface area (Å²) < 4.78 is 0. The molecule has 2 fully saturated rings. The van der Waals surface area contributed by atoms with Crippen LogP contribution in [0.2, 0.25) is 0 Å². The van der Waals surface area contributed by atoms with Crippen LogP contribution in [0.15, 0.2) is 0 Å². The highest BCUT2D eigenvalue weighted by molar-refractivity contribution is 5.96. The van der Waals surface area contributed by atoms with E-state index in [1.165, 1.54) is 19.3 Å². The minimum absolute atomic E-state index is 0.0187. The number of carbonyl (C=O) groups excluding carboxylic acids is 2. The van der Waals surface area contributed by atoms with Crippen LogP contribution in [0.4, 0.5) is 0 Å². The summed E-state index contributed by atoms with van der Waals surface area (Å²) in [6, 6.07) is -0.544. The van der Waals surface area contributed by atoms with Crippen molar-refractivity contribution in [2.75, 3.05) is 7.05 Å². The van der Waals surface area contributed by atoms with E-state index in [0.717, 1.165) is 12.8 Å². The Balaban J connectivity index is 2.09. The van der Waals surface area contributed by atoms with Gasteiger partial charge in [-0.15, -0.1) is 0 Å². The molecular formula is C13H22N2O2. The molecule has 17 heavy (non-hydrogen) atoms. The fourth-order valence-corrected chi connectivity index (χ4v) is 3.11. The number of carbonyl (C=O) groups is 2. The molecule has 0 spiro atoms. The van der Waals surface area contributed by atoms with Crippen molar-refractivity contribution in [3.63, 3.8) is 0 Å². The summed E-state index contributed by atoms with van der Waals surface area (Å²) in [5, 5.41) is 2.94. The summed E-state index contributed by atoms with van der Waals surface area (Å²) in [7, 11) is 1.76. The highest BCUT2D eigenvalue weighted by Gasteiger charge is 2.41. The van der Waals surface area contributed by atoms with E-state index in [0.29, 0.717) is 12.3 Å². The normalized spacial score (nSPS) is 31.5. The number of piperazine rings is 1. The molecule has 2 atom stereocenters. The van der Waals surface area contributed by atoms with Gasteiger partial charge < -0.3 is 10.2 Å². The van der Waals surface area contributed by atoms with Crippen molar-refractivity contribution in [1.29, 1.82) is 0 Å². The van der Waals surface area contributed by atoms with Crippen LogP contribution in [-0.2, 0) is 9.59 Å². The van der Waals surface area contributed by atoms with Crippen molar-refractivity contribution in [3.8, 4) is 0 Å². The predicted octanol–water partition coefficient (Wildman–Crippen LogP) is 1.30. The maximum Gasteiger partial charge on any atom is 0.245 e. The molecule has 2 rings (SSSR count). The van der Waals surface area contributed by atoms with Crippen molar-refractivity contribution in [3.05, 3.63) is 0 Å². The molecular weight excluding hydrogens is 216 g/mol. The SMILES string of the molecule is CCC1C(=O)NC(C2CCCCC2)C(=O)N1C. The lowest BCUT2D eigenvalue weighted by molar-refractivity contribution is -0.149. The second-order valence-electron chi connectivity index (χ2n) is 5.26. The third-order valence-electron chi connectivity index (χ3n) is 4.19. The van der Waals surface area contributed by atoms with Crippen LogP contribution in [0.5, 0.6) is 0 Å². The van der Waals surface area contributed by atoms with Gasteiger partial charge in [-0.05, 0) is 25.2 Å². The summed E-state index contributed by atoms with van der Waals surface area (Å²) in [4.78, 5) is 25.8. The van der Waals surface area contributed by atoms with Crippen molar-refractivity contribution in [2.45, 2.75) is 57.5 Å². The van der Waals surface area contributed by atoms with Crippen LogP contribution in [0.25, 0.3) is 0 Å². The van der Waals surface area contributed by atoms with Crippen LogP contribution in [-0.4, -0.2) is 35.8 Å². The van der Waals surface area contributed by atoms with Gasteiger partial charge in [-0.25, -0.2) is 0 Å². The quantitative estimate of drug-likeness (QED) is 0.788. The lowest BCUT2D eigenvalue weighted by Crippen LogP contribution is -2.64. The van der Waals surface area contributed by atoms with E-state index in [1.54, 1.807) is 11.9 Å². The first kappa shape index (κ1) is 12.4. The zero-order chi connectivity index (χ0) is 12.4. The van der Waals surface area contributed by atoms with Crippen LogP contribution in [0, 0.1) is 5.92 Å². The maximum atomic E-state index is 12.3. The third kappa shape index (κ3) is 2.31. The Labute approximate surface area is 103 Å². The minimum Gasteiger partial charge on any atom is -0.342 e. The second-order valence-corrected chi connectivity index (χ2v) is 5.26. The van der Waals surface area contributed by atoms with E-state index in [4.69, 9.17) is 0 Å². The van der Waals surface area contributed by atoms with Crippen LogP contribution >= 0.6 is 0 Å². The van der Waals surface area contributed by atoms with Gasteiger partial charge in [0.1, 0.15) is 12.1 Å². The molecule has 4 heteroatoms. The molecule has 1 heterocycles. The second kappa shape index (κ2) is 5.07. The lowest BCUT2D eigenvalue weighted by Gasteiger charge is -2.40. The van der Waals surface area contributed by atoms with E-state index in [9.17, 15) is 9.59 Å². The van der Waals surface area contributed by atoms with E-state index in [1.807, 2.05) is 6.92 Å². The van der Waals surface area contributed by atoms with E-state index in [-0.39, 0.29) is 23.9 Å². The Morgan fingerprint density at radius 3 is 2.47 bits per heavy atom. The number of nitrogens with one attached hydrogen (secondary N) is 1. The molecule has 4 nitrogen and oxygen atoms in total. The minimum atomic E-state index is -0.276. The van der Waals surface area contributed by atoms with Gasteiger partial charge in [0.25, 0.3) is 0 Å². The van der Waals surface area contributed by atoms with Gasteiger partial charge in [0.15, 0.2) is 0 Å². The molecule has 1 saturated heterocycles. The number of rotatable bonds is 2. The molecule has 96 valence electrons. The molecule has 0 aromatic rings. The largest absolute Gasteiger partial charge is 0.342 e. The highest BCUT2D eigenvalue weighted by atomic mass is 16.2. The Kier molecular flexibility index (Phi) is 3.69. The van der Waals surface area contributed by atoms with Gasteiger partial charge in [-0.3, -0.25) is 9.59 Å². The number of hydrogen-bond donors (Lipinski definition) is 1. The predicted molar refractivity (Wildman–Crippen MR) is 65.4 cm³/mol. The third-order valence-corrected chi connectivity index (χ3v) is 4.19. The number of likely N-dealkylation sites (N-methyl/N-ethyl adjacent to an activating group) is 1. The molecule has 2 unspecified atom stereocenters. The monoisotopic (exact) mass is 238 g/mol. The van der Waals surface area contributed by atoms with Crippen molar-refractivity contribution in [1.82, 2.24) is 10.2 Å². The molecule has 1 aliphatic carbocycles. The molecule has 1 saturated carbocycles. The smallest absolute Gasteiger partial charge is 0.245 e. The van der Waals surface area contributed by atoms with Crippen molar-refractivity contribution >= 4 is 11.8 Å². The van der Waals surface area contributed by atoms with Crippen LogP contribution in [0.1, 0.15) is 45.4 Å². The zero-order valence-corrected chi connectivity index (χ0v) is 10.7. The number of amides is 2. The molecule has 0 bridgehead atoms. The lowest BCUT2D eigenvalue weighted by atomic mass is 9.82. The van der Waals surface area contributed by atoms with Crippen LogP contribution < -0.4 is 5.32 Å². The molecule has 1 aliphatic heterocycles. The highest BCUT2D eigenvalue weighted by Crippen LogP contribution is 2.29. The molecule has 2 amide bonds. The maximum absolute atomic E-state index is 12.3. The zero-order valence-electron chi connectivity index (χ0n) is 10.7. The Hall–Kier alpha value is -1.06. The van der Waals surface area contributed by atoms with E-state index in [2.05, 4.69) is 5.32 Å². The first-order valence-corrected chi connectivity index (χ1v) is 6.72. The Bertz CT molecular complexity index is 311. The summed E-state index contributed by atoms with van der Waals surface area (Å²) in [5.74, 6) is 0.467. The average molecular weight is 238 g/mol. The van der Waals surface area contributed by atoms with Gasteiger partial charge in [0, 0.05) is 7.05 Å². The molecule has 0 aromatic carbocycles. The van der Waals surface area contributed by atoms with Gasteiger partial charge in [-0.1, -0.05) is 26.2 Å². The molecule has 0 aromatic heterocycles. The number of nitrogens with zero attached hydrogens (tertiary/aromatic N) is 1. The first-order chi connectivity index (χ1) is 8.15. The number of hydrogen-bond acceptors (Lipinski definition) is 2. The fraction of sp³-hybridized carbons (Fsp3) is 0.846.